The van der Waals surface area contributed by atoms with Crippen molar-refractivity contribution in [3.8, 4) is 0 Å². The van der Waals surface area contributed by atoms with E-state index in [2.05, 4.69) is 4.98 Å². The summed E-state index contributed by atoms with van der Waals surface area (Å²) in [6, 6.07) is 0.807. The number of likely N-dealkylation sites (N-methyl/N-ethyl adjacent to an activating group) is 1. The molecule has 1 aromatic rings. The number of rotatable bonds is 5. The molecule has 4 nitrogen and oxygen atoms in total. The standard InChI is InChI=1S/C11H15FN2O2/c1-3-10(11(15)16)14(2)7-8-4-9(12)6-13-5-8/h4-6,10H,3,7H2,1-2H3,(H,15,16). The maximum absolute atomic E-state index is 12.9. The summed E-state index contributed by atoms with van der Waals surface area (Å²) in [6.07, 6.45) is 3.17. The van der Waals surface area contributed by atoms with E-state index >= 15 is 0 Å². The van der Waals surface area contributed by atoms with Crippen molar-refractivity contribution in [2.45, 2.75) is 25.9 Å². The average molecular weight is 226 g/mol. The van der Waals surface area contributed by atoms with Crippen LogP contribution in [-0.4, -0.2) is 34.0 Å². The minimum atomic E-state index is -0.866. The summed E-state index contributed by atoms with van der Waals surface area (Å²) >= 11 is 0. The van der Waals surface area contributed by atoms with Gasteiger partial charge in [0.25, 0.3) is 0 Å². The number of nitrogens with zero attached hydrogens (tertiary/aromatic N) is 2. The Morgan fingerprint density at radius 1 is 1.62 bits per heavy atom. The fraction of sp³-hybridized carbons (Fsp3) is 0.455. The van der Waals surface area contributed by atoms with Crippen LogP contribution < -0.4 is 0 Å². The van der Waals surface area contributed by atoms with Crippen molar-refractivity contribution in [1.29, 1.82) is 0 Å². The topological polar surface area (TPSA) is 53.4 Å². The van der Waals surface area contributed by atoms with Crippen LogP contribution in [0.2, 0.25) is 0 Å². The quantitative estimate of drug-likeness (QED) is 0.827. The third-order valence-electron chi connectivity index (χ3n) is 2.40. The molecule has 88 valence electrons. The highest BCUT2D eigenvalue weighted by Crippen LogP contribution is 2.09. The Hall–Kier alpha value is -1.49. The smallest absolute Gasteiger partial charge is 0.320 e. The van der Waals surface area contributed by atoms with E-state index < -0.39 is 17.8 Å². The molecule has 0 aliphatic rings. The maximum atomic E-state index is 12.9. The zero-order valence-corrected chi connectivity index (χ0v) is 9.35. The predicted molar refractivity (Wildman–Crippen MR) is 57.4 cm³/mol. The summed E-state index contributed by atoms with van der Waals surface area (Å²) in [5.74, 6) is -1.27. The van der Waals surface area contributed by atoms with Crippen molar-refractivity contribution in [3.63, 3.8) is 0 Å². The molecule has 1 aromatic heterocycles. The van der Waals surface area contributed by atoms with Gasteiger partial charge in [-0.05, 0) is 25.1 Å². The second-order valence-electron chi connectivity index (χ2n) is 3.69. The van der Waals surface area contributed by atoms with Crippen molar-refractivity contribution < 1.29 is 14.3 Å². The van der Waals surface area contributed by atoms with Gasteiger partial charge in [-0.3, -0.25) is 14.7 Å². The van der Waals surface area contributed by atoms with Gasteiger partial charge in [0.1, 0.15) is 11.9 Å². The van der Waals surface area contributed by atoms with E-state index in [1.165, 1.54) is 12.3 Å². The molecule has 0 aromatic carbocycles. The SMILES string of the molecule is CCC(C(=O)O)N(C)Cc1cncc(F)c1. The van der Waals surface area contributed by atoms with Crippen LogP contribution in [0.4, 0.5) is 4.39 Å². The largest absolute Gasteiger partial charge is 0.480 e. The molecule has 5 heteroatoms. The van der Waals surface area contributed by atoms with Gasteiger partial charge in [0.05, 0.1) is 6.20 Å². The van der Waals surface area contributed by atoms with Gasteiger partial charge < -0.3 is 5.11 Å². The summed E-state index contributed by atoms with van der Waals surface area (Å²) in [6.45, 7) is 2.18. The van der Waals surface area contributed by atoms with Crippen molar-refractivity contribution in [2.75, 3.05) is 7.05 Å². The number of hydrogen-bond donors (Lipinski definition) is 1. The van der Waals surface area contributed by atoms with E-state index in [1.807, 2.05) is 0 Å². The first-order valence-corrected chi connectivity index (χ1v) is 5.07. The van der Waals surface area contributed by atoms with Crippen LogP contribution in [0, 0.1) is 5.82 Å². The minimum Gasteiger partial charge on any atom is -0.480 e. The zero-order valence-electron chi connectivity index (χ0n) is 9.35. The van der Waals surface area contributed by atoms with Gasteiger partial charge in [0, 0.05) is 12.7 Å². The van der Waals surface area contributed by atoms with E-state index in [0.717, 1.165) is 6.20 Å². The highest BCUT2D eigenvalue weighted by molar-refractivity contribution is 5.73. The summed E-state index contributed by atoms with van der Waals surface area (Å²) in [5, 5.41) is 8.94. The predicted octanol–water partition coefficient (Wildman–Crippen LogP) is 1.52. The van der Waals surface area contributed by atoms with Gasteiger partial charge in [-0.15, -0.1) is 0 Å². The zero-order chi connectivity index (χ0) is 12.1. The third-order valence-corrected chi connectivity index (χ3v) is 2.40. The summed E-state index contributed by atoms with van der Waals surface area (Å²) in [5.41, 5.74) is 0.669. The third kappa shape index (κ3) is 3.27. The second-order valence-corrected chi connectivity index (χ2v) is 3.69. The molecule has 1 atom stereocenters. The van der Waals surface area contributed by atoms with Crippen molar-refractivity contribution in [3.05, 3.63) is 29.8 Å². The first kappa shape index (κ1) is 12.6. The van der Waals surface area contributed by atoms with E-state index in [9.17, 15) is 9.18 Å². The summed E-state index contributed by atoms with van der Waals surface area (Å²) < 4.78 is 12.9. The molecule has 0 saturated carbocycles. The van der Waals surface area contributed by atoms with E-state index in [0.29, 0.717) is 18.5 Å². The highest BCUT2D eigenvalue weighted by Gasteiger charge is 2.20. The maximum Gasteiger partial charge on any atom is 0.320 e. The molecule has 1 rings (SSSR count). The number of aromatic nitrogens is 1. The number of hydrogen-bond acceptors (Lipinski definition) is 3. The van der Waals surface area contributed by atoms with Crippen LogP contribution in [0.3, 0.4) is 0 Å². The average Bonchev–Trinajstić information content (AvgIpc) is 2.17. The number of pyridine rings is 1. The second kappa shape index (κ2) is 5.55. The Labute approximate surface area is 93.7 Å². The molecular weight excluding hydrogens is 211 g/mol. The van der Waals surface area contributed by atoms with Crippen LogP contribution in [0.1, 0.15) is 18.9 Å². The molecular formula is C11H15FN2O2. The van der Waals surface area contributed by atoms with Gasteiger partial charge in [-0.25, -0.2) is 4.39 Å². The molecule has 1 N–H and O–H groups in total. The fourth-order valence-electron chi connectivity index (χ4n) is 1.62. The van der Waals surface area contributed by atoms with Gasteiger partial charge in [-0.1, -0.05) is 6.92 Å². The Balaban J connectivity index is 2.69. The molecule has 0 spiro atoms. The Morgan fingerprint density at radius 2 is 2.31 bits per heavy atom. The van der Waals surface area contributed by atoms with Crippen molar-refractivity contribution >= 4 is 5.97 Å². The normalized spacial score (nSPS) is 12.8. The molecule has 16 heavy (non-hydrogen) atoms. The first-order chi connectivity index (χ1) is 7.54. The van der Waals surface area contributed by atoms with E-state index in [4.69, 9.17) is 5.11 Å². The van der Waals surface area contributed by atoms with Crippen LogP contribution in [0.15, 0.2) is 18.5 Å². The lowest BCUT2D eigenvalue weighted by Gasteiger charge is -2.23. The molecule has 1 unspecified atom stereocenters. The van der Waals surface area contributed by atoms with E-state index in [1.54, 1.807) is 18.9 Å². The van der Waals surface area contributed by atoms with Crippen LogP contribution >= 0.6 is 0 Å². The van der Waals surface area contributed by atoms with Gasteiger partial charge in [-0.2, -0.15) is 0 Å². The lowest BCUT2D eigenvalue weighted by molar-refractivity contribution is -0.143. The van der Waals surface area contributed by atoms with Gasteiger partial charge in [0.15, 0.2) is 0 Å². The number of aliphatic carboxylic acids is 1. The van der Waals surface area contributed by atoms with Gasteiger partial charge >= 0.3 is 5.97 Å². The highest BCUT2D eigenvalue weighted by atomic mass is 19.1. The molecule has 0 aliphatic heterocycles. The van der Waals surface area contributed by atoms with Crippen LogP contribution in [0.25, 0.3) is 0 Å². The van der Waals surface area contributed by atoms with Crippen molar-refractivity contribution in [1.82, 2.24) is 9.88 Å². The van der Waals surface area contributed by atoms with Crippen LogP contribution in [0.5, 0.6) is 0 Å². The monoisotopic (exact) mass is 226 g/mol. The number of carboxylic acid groups (broad SMARTS) is 1. The molecule has 0 fully saturated rings. The Bertz CT molecular complexity index is 371. The molecule has 0 saturated heterocycles. The minimum absolute atomic E-state index is 0.371. The van der Waals surface area contributed by atoms with Gasteiger partial charge in [0.2, 0.25) is 0 Å². The fourth-order valence-corrected chi connectivity index (χ4v) is 1.62. The summed E-state index contributed by atoms with van der Waals surface area (Å²) in [7, 11) is 1.70. The number of carboxylic acids is 1. The summed E-state index contributed by atoms with van der Waals surface area (Å²) in [4.78, 5) is 16.3. The number of halogens is 1. The molecule has 1 heterocycles. The molecule has 0 radical (unpaired) electrons. The van der Waals surface area contributed by atoms with Crippen molar-refractivity contribution in [2.24, 2.45) is 0 Å². The molecule has 0 aliphatic carbocycles. The Morgan fingerprint density at radius 3 is 2.81 bits per heavy atom. The number of carbonyl (C=O) groups is 1. The Kier molecular flexibility index (Phi) is 4.37. The van der Waals surface area contributed by atoms with Crippen LogP contribution in [-0.2, 0) is 11.3 Å². The lowest BCUT2D eigenvalue weighted by Crippen LogP contribution is -2.37. The first-order valence-electron chi connectivity index (χ1n) is 5.07. The molecule has 0 bridgehead atoms. The molecule has 0 amide bonds. The van der Waals surface area contributed by atoms with E-state index in [-0.39, 0.29) is 0 Å². The lowest BCUT2D eigenvalue weighted by atomic mass is 10.2.